The van der Waals surface area contributed by atoms with Crippen molar-refractivity contribution in [1.29, 1.82) is 0 Å². The Morgan fingerprint density at radius 3 is 2.11 bits per heavy atom. The maximum atomic E-state index is 12.1. The molecule has 0 bridgehead atoms. The van der Waals surface area contributed by atoms with E-state index in [9.17, 15) is 4.79 Å². The van der Waals surface area contributed by atoms with Crippen LogP contribution in [0.1, 0.15) is 12.5 Å². The zero-order valence-electron chi connectivity index (χ0n) is 16.0. The fourth-order valence-electron chi connectivity index (χ4n) is 2.56. The van der Waals surface area contributed by atoms with Gasteiger partial charge in [-0.05, 0) is 80.1 Å². The van der Waals surface area contributed by atoms with Gasteiger partial charge >= 0.3 is 0 Å². The normalized spacial score (nSPS) is 10.2. The van der Waals surface area contributed by atoms with Crippen LogP contribution in [0.15, 0.2) is 72.8 Å². The predicted molar refractivity (Wildman–Crippen MR) is 109 cm³/mol. The lowest BCUT2D eigenvalue weighted by molar-refractivity contribution is -0.118. The first-order chi connectivity index (χ1) is 13.6. The Kier molecular flexibility index (Phi) is 6.52. The van der Waals surface area contributed by atoms with E-state index in [2.05, 4.69) is 5.32 Å². The highest BCUT2D eigenvalue weighted by Crippen LogP contribution is 2.25. The summed E-state index contributed by atoms with van der Waals surface area (Å²) in [4.78, 5) is 12.1. The van der Waals surface area contributed by atoms with Crippen molar-refractivity contribution in [3.8, 4) is 23.0 Å². The molecule has 5 nitrogen and oxygen atoms in total. The molecule has 0 saturated heterocycles. The van der Waals surface area contributed by atoms with Crippen LogP contribution in [0.5, 0.6) is 23.0 Å². The Morgan fingerprint density at radius 1 is 0.821 bits per heavy atom. The van der Waals surface area contributed by atoms with E-state index in [1.54, 1.807) is 24.3 Å². The maximum absolute atomic E-state index is 12.1. The summed E-state index contributed by atoms with van der Waals surface area (Å²) in [6.07, 6.45) is 0. The fraction of sp³-hybridized carbons (Fsp3) is 0.174. The summed E-state index contributed by atoms with van der Waals surface area (Å²) in [6, 6.07) is 22.2. The minimum Gasteiger partial charge on any atom is -0.494 e. The van der Waals surface area contributed by atoms with E-state index in [1.807, 2.05) is 62.4 Å². The van der Waals surface area contributed by atoms with Gasteiger partial charge in [-0.2, -0.15) is 0 Å². The molecule has 0 radical (unpaired) electrons. The van der Waals surface area contributed by atoms with Gasteiger partial charge in [-0.25, -0.2) is 0 Å². The number of hydrogen-bond donors (Lipinski definition) is 1. The summed E-state index contributed by atoms with van der Waals surface area (Å²) < 4.78 is 16.7. The number of aryl methyl sites for hydroxylation is 1. The second-order valence-electron chi connectivity index (χ2n) is 6.18. The Labute approximate surface area is 164 Å². The lowest BCUT2D eigenvalue weighted by Crippen LogP contribution is -2.20. The molecule has 5 heteroatoms. The lowest BCUT2D eigenvalue weighted by Gasteiger charge is -2.10. The van der Waals surface area contributed by atoms with Gasteiger partial charge in [0.15, 0.2) is 6.61 Å². The molecule has 1 amide bonds. The number of benzene rings is 3. The first-order valence-electron chi connectivity index (χ1n) is 9.12. The fourth-order valence-corrected chi connectivity index (χ4v) is 2.56. The summed E-state index contributed by atoms with van der Waals surface area (Å²) in [7, 11) is 0. The van der Waals surface area contributed by atoms with E-state index in [-0.39, 0.29) is 12.5 Å². The molecule has 3 aromatic rings. The molecular formula is C23H23NO4. The molecule has 0 aliphatic carbocycles. The largest absolute Gasteiger partial charge is 0.494 e. The van der Waals surface area contributed by atoms with Gasteiger partial charge in [0.25, 0.3) is 5.91 Å². The molecule has 3 aromatic carbocycles. The van der Waals surface area contributed by atoms with Crippen LogP contribution >= 0.6 is 0 Å². The standard InChI is InChI=1S/C23H23NO4/c1-3-26-19-11-13-21(14-12-19)28-20-9-7-18(8-10-20)24-23(25)16-27-22-6-4-5-17(2)15-22/h4-15H,3,16H2,1-2H3,(H,24,25). The number of rotatable bonds is 8. The van der Waals surface area contributed by atoms with E-state index < -0.39 is 0 Å². The zero-order chi connectivity index (χ0) is 19.8. The third-order valence-corrected chi connectivity index (χ3v) is 3.87. The first-order valence-corrected chi connectivity index (χ1v) is 9.12. The Morgan fingerprint density at radius 2 is 1.46 bits per heavy atom. The predicted octanol–water partition coefficient (Wildman–Crippen LogP) is 5.20. The van der Waals surface area contributed by atoms with Crippen molar-refractivity contribution in [1.82, 2.24) is 0 Å². The molecule has 3 rings (SSSR count). The van der Waals surface area contributed by atoms with Gasteiger partial charge in [0, 0.05) is 5.69 Å². The van der Waals surface area contributed by atoms with Crippen LogP contribution in [0.25, 0.3) is 0 Å². The van der Waals surface area contributed by atoms with Crippen molar-refractivity contribution < 1.29 is 19.0 Å². The monoisotopic (exact) mass is 377 g/mol. The molecule has 28 heavy (non-hydrogen) atoms. The third-order valence-electron chi connectivity index (χ3n) is 3.87. The molecular weight excluding hydrogens is 354 g/mol. The Hall–Kier alpha value is -3.47. The average Bonchev–Trinajstić information content (AvgIpc) is 2.70. The van der Waals surface area contributed by atoms with Crippen molar-refractivity contribution in [2.45, 2.75) is 13.8 Å². The summed E-state index contributed by atoms with van der Waals surface area (Å²) in [5, 5.41) is 2.80. The van der Waals surface area contributed by atoms with E-state index in [0.29, 0.717) is 29.5 Å². The van der Waals surface area contributed by atoms with Gasteiger partial charge < -0.3 is 19.5 Å². The molecule has 0 aliphatic rings. The minimum atomic E-state index is -0.221. The van der Waals surface area contributed by atoms with E-state index in [0.717, 1.165) is 11.3 Å². The quantitative estimate of drug-likeness (QED) is 0.586. The number of carbonyl (C=O) groups excluding carboxylic acids is 1. The van der Waals surface area contributed by atoms with Crippen LogP contribution in [0.4, 0.5) is 5.69 Å². The van der Waals surface area contributed by atoms with Crippen LogP contribution < -0.4 is 19.5 Å². The highest BCUT2D eigenvalue weighted by molar-refractivity contribution is 5.91. The van der Waals surface area contributed by atoms with Crippen molar-refractivity contribution in [3.05, 3.63) is 78.4 Å². The topological polar surface area (TPSA) is 56.8 Å². The molecule has 0 aromatic heterocycles. The lowest BCUT2D eigenvalue weighted by atomic mass is 10.2. The van der Waals surface area contributed by atoms with Crippen LogP contribution in [-0.4, -0.2) is 19.1 Å². The summed E-state index contributed by atoms with van der Waals surface area (Å²) in [5.41, 5.74) is 1.76. The van der Waals surface area contributed by atoms with Gasteiger partial charge in [-0.15, -0.1) is 0 Å². The number of nitrogens with one attached hydrogen (secondary N) is 1. The summed E-state index contributed by atoms with van der Waals surface area (Å²) >= 11 is 0. The Bertz CT molecular complexity index is 905. The average molecular weight is 377 g/mol. The number of amides is 1. The number of hydrogen-bond acceptors (Lipinski definition) is 4. The second kappa shape index (κ2) is 9.46. The SMILES string of the molecule is CCOc1ccc(Oc2ccc(NC(=O)COc3cccc(C)c3)cc2)cc1. The molecule has 1 N–H and O–H groups in total. The van der Waals surface area contributed by atoms with Gasteiger partial charge in [-0.3, -0.25) is 4.79 Å². The number of carbonyl (C=O) groups is 1. The minimum absolute atomic E-state index is 0.0477. The summed E-state index contributed by atoms with van der Waals surface area (Å²) in [6.45, 7) is 4.50. The van der Waals surface area contributed by atoms with Crippen molar-refractivity contribution >= 4 is 11.6 Å². The van der Waals surface area contributed by atoms with Crippen molar-refractivity contribution in [2.75, 3.05) is 18.5 Å². The van der Waals surface area contributed by atoms with E-state index in [1.165, 1.54) is 0 Å². The molecule has 0 saturated carbocycles. The molecule has 0 fully saturated rings. The summed E-state index contributed by atoms with van der Waals surface area (Å²) in [5.74, 6) is 2.65. The van der Waals surface area contributed by atoms with E-state index >= 15 is 0 Å². The number of anilines is 1. The smallest absolute Gasteiger partial charge is 0.262 e. The van der Waals surface area contributed by atoms with Gasteiger partial charge in [0.1, 0.15) is 23.0 Å². The van der Waals surface area contributed by atoms with E-state index in [4.69, 9.17) is 14.2 Å². The van der Waals surface area contributed by atoms with Gasteiger partial charge in [0.05, 0.1) is 6.61 Å². The van der Waals surface area contributed by atoms with Crippen LogP contribution in [0.3, 0.4) is 0 Å². The van der Waals surface area contributed by atoms with Crippen LogP contribution in [0.2, 0.25) is 0 Å². The highest BCUT2D eigenvalue weighted by Gasteiger charge is 2.05. The van der Waals surface area contributed by atoms with Crippen LogP contribution in [0, 0.1) is 6.92 Å². The highest BCUT2D eigenvalue weighted by atomic mass is 16.5. The van der Waals surface area contributed by atoms with Gasteiger partial charge in [0.2, 0.25) is 0 Å². The molecule has 0 spiro atoms. The molecule has 0 aliphatic heterocycles. The second-order valence-corrected chi connectivity index (χ2v) is 6.18. The molecule has 0 atom stereocenters. The van der Waals surface area contributed by atoms with Crippen molar-refractivity contribution in [3.63, 3.8) is 0 Å². The zero-order valence-corrected chi connectivity index (χ0v) is 16.0. The Balaban J connectivity index is 1.50. The van der Waals surface area contributed by atoms with Gasteiger partial charge in [-0.1, -0.05) is 12.1 Å². The number of ether oxygens (including phenoxy) is 3. The first kappa shape index (κ1) is 19.3. The molecule has 0 unspecified atom stereocenters. The third kappa shape index (κ3) is 5.77. The molecule has 0 heterocycles. The molecule has 144 valence electrons. The van der Waals surface area contributed by atoms with Crippen LogP contribution in [-0.2, 0) is 4.79 Å². The maximum Gasteiger partial charge on any atom is 0.262 e. The van der Waals surface area contributed by atoms with Crippen molar-refractivity contribution in [2.24, 2.45) is 0 Å².